The number of nitrogens with zero attached hydrogens (tertiary/aromatic N) is 4. The van der Waals surface area contributed by atoms with E-state index in [4.69, 9.17) is 5.26 Å². The number of nitriles is 1. The summed E-state index contributed by atoms with van der Waals surface area (Å²) >= 11 is 2.72. The van der Waals surface area contributed by atoms with Crippen LogP contribution < -0.4 is 0 Å². The molecule has 1 rings (SSSR count). The van der Waals surface area contributed by atoms with Crippen LogP contribution in [0.1, 0.15) is 19.2 Å². The maximum atomic E-state index is 11.7. The Balaban J connectivity index is 2.35. The first-order valence-corrected chi connectivity index (χ1v) is 6.99. The van der Waals surface area contributed by atoms with Crippen LogP contribution in [0.5, 0.6) is 0 Å². The minimum atomic E-state index is 0.0125. The van der Waals surface area contributed by atoms with Crippen molar-refractivity contribution in [1.29, 1.82) is 5.26 Å². The van der Waals surface area contributed by atoms with Crippen molar-refractivity contribution in [2.24, 2.45) is 0 Å². The summed E-state index contributed by atoms with van der Waals surface area (Å²) in [6.45, 7) is 2.48. The lowest BCUT2D eigenvalue weighted by Gasteiger charge is -2.14. The third-order valence-corrected chi connectivity index (χ3v) is 3.93. The van der Waals surface area contributed by atoms with Gasteiger partial charge in [-0.15, -0.1) is 0 Å². The normalized spacial score (nSPS) is 9.94. The van der Waals surface area contributed by atoms with Gasteiger partial charge in [-0.3, -0.25) is 4.79 Å². The smallest absolute Gasteiger partial charge is 0.232 e. The van der Waals surface area contributed by atoms with Crippen molar-refractivity contribution in [2.75, 3.05) is 19.3 Å². The zero-order valence-electron chi connectivity index (χ0n) is 9.84. The lowest BCUT2D eigenvalue weighted by Crippen LogP contribution is -2.29. The maximum Gasteiger partial charge on any atom is 0.232 e. The molecule has 0 atom stereocenters. The van der Waals surface area contributed by atoms with Gasteiger partial charge in [-0.2, -0.15) is 9.64 Å². The van der Waals surface area contributed by atoms with E-state index >= 15 is 0 Å². The summed E-state index contributed by atoms with van der Waals surface area (Å²) in [5.41, 5.74) is 0. The van der Waals surface area contributed by atoms with E-state index in [1.54, 1.807) is 11.9 Å². The predicted octanol–water partition coefficient (Wildman–Crippen LogP) is 1.56. The summed E-state index contributed by atoms with van der Waals surface area (Å²) in [6, 6.07) is 2.02. The van der Waals surface area contributed by atoms with Gasteiger partial charge >= 0.3 is 0 Å². The van der Waals surface area contributed by atoms with Gasteiger partial charge in [0.15, 0.2) is 4.34 Å². The molecule has 0 radical (unpaired) electrons. The number of carbonyl (C=O) groups excluding carboxylic acids is 1. The third-order valence-electron chi connectivity index (χ3n) is 2.07. The second-order valence-electron chi connectivity index (χ2n) is 3.34. The van der Waals surface area contributed by atoms with E-state index in [2.05, 4.69) is 9.36 Å². The number of hydrogen-bond acceptors (Lipinski definition) is 6. The molecule has 5 nitrogen and oxygen atoms in total. The zero-order valence-corrected chi connectivity index (χ0v) is 11.5. The van der Waals surface area contributed by atoms with E-state index < -0.39 is 0 Å². The zero-order chi connectivity index (χ0) is 12.7. The Hall–Kier alpha value is -1.13. The number of aryl methyl sites for hydroxylation is 1. The van der Waals surface area contributed by atoms with Crippen LogP contribution in [-0.4, -0.2) is 39.5 Å². The van der Waals surface area contributed by atoms with Gasteiger partial charge in [-0.1, -0.05) is 18.7 Å². The summed E-state index contributed by atoms with van der Waals surface area (Å²) in [5.74, 6) is 1.18. The molecule has 7 heteroatoms. The summed E-state index contributed by atoms with van der Waals surface area (Å²) in [7, 11) is 1.71. The van der Waals surface area contributed by atoms with E-state index in [1.165, 1.54) is 23.3 Å². The minimum Gasteiger partial charge on any atom is -0.344 e. The van der Waals surface area contributed by atoms with E-state index in [-0.39, 0.29) is 5.91 Å². The third kappa shape index (κ3) is 4.71. The number of thioether (sulfide) groups is 1. The number of aromatic nitrogens is 2. The monoisotopic (exact) mass is 270 g/mol. The van der Waals surface area contributed by atoms with Gasteiger partial charge in [0.05, 0.1) is 18.2 Å². The topological polar surface area (TPSA) is 69.9 Å². The molecule has 1 aromatic heterocycles. The molecule has 1 heterocycles. The lowest BCUT2D eigenvalue weighted by molar-refractivity contribution is -0.127. The lowest BCUT2D eigenvalue weighted by atomic mass is 10.4. The predicted molar refractivity (Wildman–Crippen MR) is 67.9 cm³/mol. The van der Waals surface area contributed by atoms with Gasteiger partial charge < -0.3 is 4.90 Å². The van der Waals surface area contributed by atoms with Crippen LogP contribution in [0.2, 0.25) is 0 Å². The molecular formula is C10H14N4OS2. The van der Waals surface area contributed by atoms with Crippen molar-refractivity contribution in [2.45, 2.75) is 24.1 Å². The van der Waals surface area contributed by atoms with Gasteiger partial charge in [-0.05, 0) is 11.5 Å². The van der Waals surface area contributed by atoms with E-state index in [0.29, 0.717) is 18.7 Å². The Morgan fingerprint density at radius 3 is 3.00 bits per heavy atom. The highest BCUT2D eigenvalue weighted by Gasteiger charge is 2.10. The molecule has 0 saturated heterocycles. The van der Waals surface area contributed by atoms with Crippen LogP contribution in [0.25, 0.3) is 0 Å². The van der Waals surface area contributed by atoms with Crippen LogP contribution in [0, 0.1) is 11.3 Å². The fourth-order valence-corrected chi connectivity index (χ4v) is 2.65. The highest BCUT2D eigenvalue weighted by Crippen LogP contribution is 2.20. The second-order valence-corrected chi connectivity index (χ2v) is 5.32. The Morgan fingerprint density at radius 2 is 2.41 bits per heavy atom. The largest absolute Gasteiger partial charge is 0.344 e. The molecule has 1 amide bonds. The van der Waals surface area contributed by atoms with Crippen LogP contribution >= 0.6 is 23.3 Å². The summed E-state index contributed by atoms with van der Waals surface area (Å²) in [4.78, 5) is 17.5. The molecule has 0 aliphatic heterocycles. The molecule has 0 aromatic carbocycles. The molecule has 0 fully saturated rings. The SMILES string of the molecule is CCc1nsc(SCC(=O)N(C)CCC#N)n1. The van der Waals surface area contributed by atoms with Crippen molar-refractivity contribution in [3.8, 4) is 6.07 Å². The first kappa shape index (κ1) is 13.9. The number of hydrogen-bond donors (Lipinski definition) is 0. The molecule has 0 saturated carbocycles. The number of carbonyl (C=O) groups is 1. The van der Waals surface area contributed by atoms with Crippen molar-refractivity contribution in [3.63, 3.8) is 0 Å². The molecular weight excluding hydrogens is 256 g/mol. The van der Waals surface area contributed by atoms with Crippen LogP contribution in [0.4, 0.5) is 0 Å². The van der Waals surface area contributed by atoms with Crippen LogP contribution in [0.3, 0.4) is 0 Å². The van der Waals surface area contributed by atoms with Gasteiger partial charge in [0.25, 0.3) is 0 Å². The van der Waals surface area contributed by atoms with Crippen LogP contribution in [0.15, 0.2) is 4.34 Å². The highest BCUT2D eigenvalue weighted by atomic mass is 32.2. The average Bonchev–Trinajstić information content (AvgIpc) is 2.80. The molecule has 0 bridgehead atoms. The van der Waals surface area contributed by atoms with Gasteiger partial charge in [0, 0.05) is 20.0 Å². The van der Waals surface area contributed by atoms with Gasteiger partial charge in [0.1, 0.15) is 5.82 Å². The highest BCUT2D eigenvalue weighted by molar-refractivity contribution is 8.01. The molecule has 0 N–H and O–H groups in total. The molecule has 1 aromatic rings. The van der Waals surface area contributed by atoms with Crippen molar-refractivity contribution in [3.05, 3.63) is 5.82 Å². The minimum absolute atomic E-state index is 0.0125. The molecule has 0 aliphatic carbocycles. The first-order chi connectivity index (χ1) is 8.17. The average molecular weight is 270 g/mol. The van der Waals surface area contributed by atoms with Gasteiger partial charge in [-0.25, -0.2) is 4.98 Å². The Bertz CT molecular complexity index is 413. The Morgan fingerprint density at radius 1 is 1.65 bits per heavy atom. The molecule has 0 spiro atoms. The van der Waals surface area contributed by atoms with E-state index in [0.717, 1.165) is 16.6 Å². The molecule has 0 unspecified atom stereocenters. The summed E-state index contributed by atoms with van der Waals surface area (Å²) < 4.78 is 4.97. The van der Waals surface area contributed by atoms with E-state index in [1.807, 2.05) is 13.0 Å². The van der Waals surface area contributed by atoms with Gasteiger partial charge in [0.2, 0.25) is 5.91 Å². The first-order valence-electron chi connectivity index (χ1n) is 5.23. The van der Waals surface area contributed by atoms with Crippen molar-refractivity contribution < 1.29 is 4.79 Å². The van der Waals surface area contributed by atoms with Crippen molar-refractivity contribution >= 4 is 29.2 Å². The standard InChI is InChI=1S/C10H14N4OS2/c1-3-8-12-10(17-13-8)16-7-9(15)14(2)6-4-5-11/h3-4,6-7H2,1-2H3. The fraction of sp³-hybridized carbons (Fsp3) is 0.600. The molecule has 92 valence electrons. The second kappa shape index (κ2) is 7.25. The number of rotatable bonds is 6. The maximum absolute atomic E-state index is 11.7. The number of amides is 1. The van der Waals surface area contributed by atoms with E-state index in [9.17, 15) is 4.79 Å². The molecule has 17 heavy (non-hydrogen) atoms. The Labute approximate surface area is 109 Å². The fourth-order valence-electron chi connectivity index (χ4n) is 1.02. The molecule has 0 aliphatic rings. The quantitative estimate of drug-likeness (QED) is 0.734. The summed E-state index contributed by atoms with van der Waals surface area (Å²) in [5, 5.41) is 8.42. The van der Waals surface area contributed by atoms with Crippen molar-refractivity contribution in [1.82, 2.24) is 14.3 Å². The Kier molecular flexibility index (Phi) is 5.94. The summed E-state index contributed by atoms with van der Waals surface area (Å²) in [6.07, 6.45) is 1.18. The van der Waals surface area contributed by atoms with Crippen LogP contribution in [-0.2, 0) is 11.2 Å².